The SMILES string of the molecule is CN(C)CCC(=O)/C=C/c1ccc(Cl)c(Cl)c1. The molecule has 0 saturated heterocycles. The summed E-state index contributed by atoms with van der Waals surface area (Å²) >= 11 is 11.7. The fourth-order valence-electron chi connectivity index (χ4n) is 1.22. The van der Waals surface area contributed by atoms with Crippen LogP contribution in [-0.4, -0.2) is 31.3 Å². The van der Waals surface area contributed by atoms with E-state index in [1.807, 2.05) is 25.1 Å². The predicted octanol–water partition coefficient (Wildman–Crippen LogP) is 3.53. The molecule has 0 aromatic heterocycles. The van der Waals surface area contributed by atoms with Gasteiger partial charge in [0.1, 0.15) is 0 Å². The second-order valence-corrected chi connectivity index (χ2v) is 4.84. The van der Waals surface area contributed by atoms with Crippen LogP contribution in [0.2, 0.25) is 10.0 Å². The number of nitrogens with zero attached hydrogens (tertiary/aromatic N) is 1. The highest BCUT2D eigenvalue weighted by Gasteiger charge is 1.99. The minimum absolute atomic E-state index is 0.102. The largest absolute Gasteiger partial charge is 0.309 e. The Morgan fingerprint density at radius 2 is 2.00 bits per heavy atom. The van der Waals surface area contributed by atoms with Gasteiger partial charge in [0.25, 0.3) is 0 Å². The Morgan fingerprint density at radius 1 is 1.29 bits per heavy atom. The van der Waals surface area contributed by atoms with Crippen molar-refractivity contribution in [2.24, 2.45) is 0 Å². The van der Waals surface area contributed by atoms with Gasteiger partial charge in [-0.2, -0.15) is 0 Å². The molecule has 92 valence electrons. The van der Waals surface area contributed by atoms with Crippen molar-refractivity contribution in [1.29, 1.82) is 0 Å². The molecule has 1 aromatic rings. The maximum absolute atomic E-state index is 11.5. The summed E-state index contributed by atoms with van der Waals surface area (Å²) in [5.74, 6) is 0.102. The Labute approximate surface area is 112 Å². The Morgan fingerprint density at radius 3 is 2.59 bits per heavy atom. The highest BCUT2D eigenvalue weighted by Crippen LogP contribution is 2.23. The summed E-state index contributed by atoms with van der Waals surface area (Å²) in [6.45, 7) is 0.755. The maximum atomic E-state index is 11.5. The molecule has 1 aromatic carbocycles. The monoisotopic (exact) mass is 271 g/mol. The Bertz CT molecular complexity index is 427. The van der Waals surface area contributed by atoms with E-state index in [1.165, 1.54) is 0 Å². The fourth-order valence-corrected chi connectivity index (χ4v) is 1.53. The van der Waals surface area contributed by atoms with Gasteiger partial charge in [0.05, 0.1) is 10.0 Å². The molecule has 0 atom stereocenters. The van der Waals surface area contributed by atoms with Crippen molar-refractivity contribution in [2.45, 2.75) is 6.42 Å². The van der Waals surface area contributed by atoms with E-state index in [0.29, 0.717) is 16.5 Å². The van der Waals surface area contributed by atoms with E-state index in [2.05, 4.69) is 0 Å². The van der Waals surface area contributed by atoms with Crippen LogP contribution in [0.1, 0.15) is 12.0 Å². The highest BCUT2D eigenvalue weighted by molar-refractivity contribution is 6.42. The zero-order chi connectivity index (χ0) is 12.8. The number of carbonyl (C=O) groups is 1. The van der Waals surface area contributed by atoms with Crippen LogP contribution in [0.25, 0.3) is 6.08 Å². The van der Waals surface area contributed by atoms with Gasteiger partial charge >= 0.3 is 0 Å². The first-order chi connectivity index (χ1) is 7.99. The number of hydrogen-bond acceptors (Lipinski definition) is 2. The standard InChI is InChI=1S/C13H15Cl2NO/c1-16(2)8-7-11(17)5-3-10-4-6-12(14)13(15)9-10/h3-6,9H,7-8H2,1-2H3/b5-3+. The molecular formula is C13H15Cl2NO. The number of ketones is 1. The van der Waals surface area contributed by atoms with E-state index < -0.39 is 0 Å². The predicted molar refractivity (Wildman–Crippen MR) is 73.7 cm³/mol. The van der Waals surface area contributed by atoms with Crippen LogP contribution in [-0.2, 0) is 4.79 Å². The van der Waals surface area contributed by atoms with Crippen molar-refractivity contribution < 1.29 is 4.79 Å². The fraction of sp³-hybridized carbons (Fsp3) is 0.308. The summed E-state index contributed by atoms with van der Waals surface area (Å²) in [6, 6.07) is 5.28. The van der Waals surface area contributed by atoms with Crippen LogP contribution in [0.15, 0.2) is 24.3 Å². The second-order valence-electron chi connectivity index (χ2n) is 4.03. The molecule has 0 aliphatic heterocycles. The number of hydrogen-bond donors (Lipinski definition) is 0. The smallest absolute Gasteiger partial charge is 0.156 e. The zero-order valence-corrected chi connectivity index (χ0v) is 11.4. The van der Waals surface area contributed by atoms with Crippen LogP contribution >= 0.6 is 23.2 Å². The van der Waals surface area contributed by atoms with Gasteiger partial charge in [0.15, 0.2) is 5.78 Å². The third kappa shape index (κ3) is 5.35. The van der Waals surface area contributed by atoms with Crippen molar-refractivity contribution in [3.05, 3.63) is 39.9 Å². The molecule has 0 amide bonds. The lowest BCUT2D eigenvalue weighted by atomic mass is 10.1. The van der Waals surface area contributed by atoms with Crippen LogP contribution in [0.5, 0.6) is 0 Å². The summed E-state index contributed by atoms with van der Waals surface area (Å²) in [4.78, 5) is 13.5. The topological polar surface area (TPSA) is 20.3 Å². The Hall–Kier alpha value is -0.830. The van der Waals surface area contributed by atoms with E-state index in [4.69, 9.17) is 23.2 Å². The first-order valence-corrected chi connectivity index (χ1v) is 6.05. The molecule has 17 heavy (non-hydrogen) atoms. The van der Waals surface area contributed by atoms with E-state index in [0.717, 1.165) is 12.1 Å². The van der Waals surface area contributed by atoms with Crippen molar-refractivity contribution in [3.63, 3.8) is 0 Å². The molecule has 0 N–H and O–H groups in total. The van der Waals surface area contributed by atoms with Crippen LogP contribution < -0.4 is 0 Å². The van der Waals surface area contributed by atoms with Gasteiger partial charge in [0.2, 0.25) is 0 Å². The van der Waals surface area contributed by atoms with Crippen LogP contribution in [0.3, 0.4) is 0 Å². The molecule has 0 aliphatic carbocycles. The summed E-state index contributed by atoms with van der Waals surface area (Å²) in [7, 11) is 3.88. The lowest BCUT2D eigenvalue weighted by Crippen LogP contribution is -2.15. The highest BCUT2D eigenvalue weighted by atomic mass is 35.5. The van der Waals surface area contributed by atoms with Gasteiger partial charge in [-0.3, -0.25) is 4.79 Å². The number of halogens is 2. The molecule has 1 rings (SSSR count). The molecule has 0 heterocycles. The van der Waals surface area contributed by atoms with Crippen molar-refractivity contribution >= 4 is 35.1 Å². The molecule has 4 heteroatoms. The normalized spacial score (nSPS) is 11.4. The zero-order valence-electron chi connectivity index (χ0n) is 9.91. The lowest BCUT2D eigenvalue weighted by molar-refractivity contribution is -0.114. The Balaban J connectivity index is 2.58. The van der Waals surface area contributed by atoms with Crippen molar-refractivity contribution in [1.82, 2.24) is 4.90 Å². The molecule has 0 saturated carbocycles. The third-order valence-electron chi connectivity index (χ3n) is 2.21. The van der Waals surface area contributed by atoms with Gasteiger partial charge < -0.3 is 4.90 Å². The molecule has 0 radical (unpaired) electrons. The first kappa shape index (κ1) is 14.2. The van der Waals surface area contributed by atoms with Gasteiger partial charge in [0, 0.05) is 13.0 Å². The summed E-state index contributed by atoms with van der Waals surface area (Å²) in [5, 5.41) is 1.01. The average Bonchev–Trinajstić information content (AvgIpc) is 2.28. The van der Waals surface area contributed by atoms with E-state index in [9.17, 15) is 4.79 Å². The van der Waals surface area contributed by atoms with Gasteiger partial charge in [-0.1, -0.05) is 35.3 Å². The summed E-state index contributed by atoms with van der Waals surface area (Å²) in [5.41, 5.74) is 0.873. The van der Waals surface area contributed by atoms with E-state index in [-0.39, 0.29) is 5.78 Å². The molecule has 0 fully saturated rings. The van der Waals surface area contributed by atoms with Crippen molar-refractivity contribution in [3.8, 4) is 0 Å². The van der Waals surface area contributed by atoms with Gasteiger partial charge in [-0.25, -0.2) is 0 Å². The summed E-state index contributed by atoms with van der Waals surface area (Å²) < 4.78 is 0. The summed E-state index contributed by atoms with van der Waals surface area (Å²) in [6.07, 6.45) is 3.84. The molecular weight excluding hydrogens is 257 g/mol. The third-order valence-corrected chi connectivity index (χ3v) is 2.95. The first-order valence-electron chi connectivity index (χ1n) is 5.30. The maximum Gasteiger partial charge on any atom is 0.156 e. The lowest BCUT2D eigenvalue weighted by Gasteiger charge is -2.06. The van der Waals surface area contributed by atoms with E-state index in [1.54, 1.807) is 24.3 Å². The molecule has 0 spiro atoms. The minimum atomic E-state index is 0.102. The van der Waals surface area contributed by atoms with E-state index >= 15 is 0 Å². The Kier molecular flexibility index (Phi) is 5.69. The average molecular weight is 272 g/mol. The molecule has 0 aliphatic rings. The van der Waals surface area contributed by atoms with Crippen LogP contribution in [0.4, 0.5) is 0 Å². The molecule has 0 unspecified atom stereocenters. The number of benzene rings is 1. The van der Waals surface area contributed by atoms with Crippen LogP contribution in [0, 0.1) is 0 Å². The number of carbonyl (C=O) groups excluding carboxylic acids is 1. The molecule has 2 nitrogen and oxygen atoms in total. The minimum Gasteiger partial charge on any atom is -0.309 e. The quantitative estimate of drug-likeness (QED) is 0.764. The number of allylic oxidation sites excluding steroid dienone is 1. The molecule has 0 bridgehead atoms. The van der Waals surface area contributed by atoms with Crippen molar-refractivity contribution in [2.75, 3.05) is 20.6 Å². The second kappa shape index (κ2) is 6.80. The van der Waals surface area contributed by atoms with Gasteiger partial charge in [-0.15, -0.1) is 0 Å². The van der Waals surface area contributed by atoms with Gasteiger partial charge in [-0.05, 0) is 37.9 Å². The number of rotatable bonds is 5.